The second-order valence-corrected chi connectivity index (χ2v) is 7.43. The normalized spacial score (nSPS) is 12.1. The van der Waals surface area contributed by atoms with Crippen molar-refractivity contribution in [1.29, 1.82) is 0 Å². The summed E-state index contributed by atoms with van der Waals surface area (Å²) in [4.78, 5) is 34.9. The molecule has 0 aliphatic rings. The van der Waals surface area contributed by atoms with Crippen molar-refractivity contribution in [3.8, 4) is 11.5 Å². The summed E-state index contributed by atoms with van der Waals surface area (Å²) in [6.07, 6.45) is 1.45. The molecule has 3 amide bonds. The van der Waals surface area contributed by atoms with Crippen LogP contribution in [0.15, 0.2) is 18.2 Å². The molecule has 8 nitrogen and oxygen atoms in total. The molecule has 0 aliphatic carbocycles. The first-order valence-corrected chi connectivity index (χ1v) is 9.42. The standard InChI is InChI=1S/C20H27ClN2O6/c1-11(2)10-28-18-14(21)8-13(9-15(18)27-5)6-7-16(24)29-17(12(3)4)19(25)23-20(22)26/h6-9,11-12,17H,10H2,1-5H3,(H3,22,23,25,26)/b7-6+/t17-/m1/s1. The first-order chi connectivity index (χ1) is 13.5. The average Bonchev–Trinajstić information content (AvgIpc) is 2.61. The van der Waals surface area contributed by atoms with Gasteiger partial charge in [-0.15, -0.1) is 0 Å². The molecular weight excluding hydrogens is 400 g/mol. The molecule has 1 aromatic rings. The second kappa shape index (κ2) is 11.3. The van der Waals surface area contributed by atoms with Gasteiger partial charge < -0.3 is 19.9 Å². The monoisotopic (exact) mass is 426 g/mol. The van der Waals surface area contributed by atoms with Crippen LogP contribution in [0.2, 0.25) is 5.02 Å². The highest BCUT2D eigenvalue weighted by molar-refractivity contribution is 6.32. The molecule has 3 N–H and O–H groups in total. The highest BCUT2D eigenvalue weighted by atomic mass is 35.5. The lowest BCUT2D eigenvalue weighted by Crippen LogP contribution is -2.45. The van der Waals surface area contributed by atoms with Crippen LogP contribution in [0, 0.1) is 11.8 Å². The number of rotatable bonds is 9. The van der Waals surface area contributed by atoms with E-state index in [-0.39, 0.29) is 5.92 Å². The fraction of sp³-hybridized carbons (Fsp3) is 0.450. The van der Waals surface area contributed by atoms with Gasteiger partial charge in [0.2, 0.25) is 0 Å². The number of nitrogens with one attached hydrogen (secondary N) is 1. The van der Waals surface area contributed by atoms with Crippen LogP contribution in [-0.2, 0) is 14.3 Å². The average molecular weight is 427 g/mol. The lowest BCUT2D eigenvalue weighted by molar-refractivity contribution is -0.153. The van der Waals surface area contributed by atoms with E-state index in [4.69, 9.17) is 31.5 Å². The predicted molar refractivity (Wildman–Crippen MR) is 110 cm³/mol. The van der Waals surface area contributed by atoms with Crippen LogP contribution >= 0.6 is 11.6 Å². The maximum Gasteiger partial charge on any atom is 0.331 e. The van der Waals surface area contributed by atoms with Gasteiger partial charge in [-0.2, -0.15) is 0 Å². The lowest BCUT2D eigenvalue weighted by atomic mass is 10.1. The smallest absolute Gasteiger partial charge is 0.331 e. The van der Waals surface area contributed by atoms with Crippen molar-refractivity contribution < 1.29 is 28.6 Å². The van der Waals surface area contributed by atoms with Gasteiger partial charge in [-0.1, -0.05) is 39.3 Å². The van der Waals surface area contributed by atoms with Crippen LogP contribution in [-0.4, -0.2) is 37.7 Å². The Hall–Kier alpha value is -2.74. The zero-order valence-electron chi connectivity index (χ0n) is 17.2. The van der Waals surface area contributed by atoms with E-state index in [0.29, 0.717) is 34.6 Å². The molecule has 0 bridgehead atoms. The van der Waals surface area contributed by atoms with Crippen LogP contribution in [0.1, 0.15) is 33.3 Å². The number of nitrogens with two attached hydrogens (primary N) is 1. The molecule has 1 atom stereocenters. The molecule has 0 fully saturated rings. The first-order valence-electron chi connectivity index (χ1n) is 9.04. The summed E-state index contributed by atoms with van der Waals surface area (Å²) in [5, 5.41) is 2.23. The predicted octanol–water partition coefficient (Wildman–Crippen LogP) is 3.16. The van der Waals surface area contributed by atoms with Gasteiger partial charge in [0.1, 0.15) is 0 Å². The Morgan fingerprint density at radius 2 is 1.86 bits per heavy atom. The second-order valence-electron chi connectivity index (χ2n) is 7.03. The Balaban J connectivity index is 2.93. The van der Waals surface area contributed by atoms with Crippen molar-refractivity contribution in [2.24, 2.45) is 17.6 Å². The number of carbonyl (C=O) groups excluding carboxylic acids is 3. The van der Waals surface area contributed by atoms with Crippen LogP contribution < -0.4 is 20.5 Å². The summed E-state index contributed by atoms with van der Waals surface area (Å²) in [5.74, 6) is -0.758. The SMILES string of the molecule is COc1cc(/C=C/C(=O)O[C@@H](C(=O)NC(N)=O)C(C)C)cc(Cl)c1OCC(C)C. The molecular formula is C20H27ClN2O6. The summed E-state index contributed by atoms with van der Waals surface area (Å²) in [6.45, 7) is 7.83. The number of hydrogen-bond donors (Lipinski definition) is 2. The quantitative estimate of drug-likeness (QED) is 0.462. The molecule has 0 saturated carbocycles. The molecule has 0 saturated heterocycles. The van der Waals surface area contributed by atoms with Gasteiger partial charge in [0, 0.05) is 6.08 Å². The zero-order chi connectivity index (χ0) is 22.1. The summed E-state index contributed by atoms with van der Waals surface area (Å²) in [6, 6.07) is 2.25. The molecule has 0 spiro atoms. The fourth-order valence-corrected chi connectivity index (χ4v) is 2.51. The van der Waals surface area contributed by atoms with E-state index >= 15 is 0 Å². The summed E-state index contributed by atoms with van der Waals surface area (Å²) in [7, 11) is 1.49. The van der Waals surface area contributed by atoms with Crippen molar-refractivity contribution in [2.45, 2.75) is 33.8 Å². The Bertz CT molecular complexity index is 776. The Morgan fingerprint density at radius 1 is 1.21 bits per heavy atom. The number of imide groups is 1. The topological polar surface area (TPSA) is 117 Å². The van der Waals surface area contributed by atoms with Crippen molar-refractivity contribution in [3.63, 3.8) is 0 Å². The maximum absolute atomic E-state index is 12.1. The van der Waals surface area contributed by atoms with Gasteiger partial charge in [-0.25, -0.2) is 9.59 Å². The Labute approximate surface area is 175 Å². The minimum Gasteiger partial charge on any atom is -0.493 e. The molecule has 1 aromatic carbocycles. The van der Waals surface area contributed by atoms with Gasteiger partial charge in [-0.05, 0) is 35.6 Å². The van der Waals surface area contributed by atoms with Crippen LogP contribution in [0.25, 0.3) is 6.08 Å². The number of amides is 3. The number of benzene rings is 1. The van der Waals surface area contributed by atoms with Gasteiger partial charge in [0.15, 0.2) is 17.6 Å². The number of carbonyl (C=O) groups is 3. The van der Waals surface area contributed by atoms with Gasteiger partial charge in [0.05, 0.1) is 18.7 Å². The number of hydrogen-bond acceptors (Lipinski definition) is 6. The largest absolute Gasteiger partial charge is 0.493 e. The van der Waals surface area contributed by atoms with E-state index in [2.05, 4.69) is 0 Å². The summed E-state index contributed by atoms with van der Waals surface area (Å²) < 4.78 is 16.1. The van der Waals surface area contributed by atoms with E-state index in [1.54, 1.807) is 26.0 Å². The molecule has 29 heavy (non-hydrogen) atoms. The number of urea groups is 1. The molecule has 9 heteroatoms. The number of methoxy groups -OCH3 is 1. The van der Waals surface area contributed by atoms with E-state index < -0.39 is 24.0 Å². The molecule has 0 heterocycles. The minimum absolute atomic E-state index is 0.311. The van der Waals surface area contributed by atoms with Crippen molar-refractivity contribution in [2.75, 3.05) is 13.7 Å². The van der Waals surface area contributed by atoms with Crippen LogP contribution in [0.5, 0.6) is 11.5 Å². The van der Waals surface area contributed by atoms with E-state index in [1.807, 2.05) is 19.2 Å². The van der Waals surface area contributed by atoms with Gasteiger partial charge in [0.25, 0.3) is 5.91 Å². The van der Waals surface area contributed by atoms with Crippen molar-refractivity contribution >= 4 is 35.6 Å². The van der Waals surface area contributed by atoms with Crippen LogP contribution in [0.4, 0.5) is 4.79 Å². The fourth-order valence-electron chi connectivity index (χ4n) is 2.24. The summed E-state index contributed by atoms with van der Waals surface area (Å²) in [5.41, 5.74) is 5.50. The maximum atomic E-state index is 12.1. The van der Waals surface area contributed by atoms with Gasteiger partial charge in [-0.3, -0.25) is 10.1 Å². The highest BCUT2D eigenvalue weighted by Crippen LogP contribution is 2.37. The third-order valence-electron chi connectivity index (χ3n) is 3.58. The van der Waals surface area contributed by atoms with Crippen LogP contribution in [0.3, 0.4) is 0 Å². The third-order valence-corrected chi connectivity index (χ3v) is 3.86. The number of ether oxygens (including phenoxy) is 3. The lowest BCUT2D eigenvalue weighted by Gasteiger charge is -2.18. The molecule has 0 aliphatic heterocycles. The van der Waals surface area contributed by atoms with E-state index in [1.165, 1.54) is 13.2 Å². The Morgan fingerprint density at radius 3 is 2.38 bits per heavy atom. The van der Waals surface area contributed by atoms with E-state index in [0.717, 1.165) is 6.08 Å². The summed E-state index contributed by atoms with van der Waals surface area (Å²) >= 11 is 6.28. The Kier molecular flexibility index (Phi) is 9.47. The molecule has 160 valence electrons. The number of esters is 1. The highest BCUT2D eigenvalue weighted by Gasteiger charge is 2.26. The molecule has 0 unspecified atom stereocenters. The number of primary amides is 1. The zero-order valence-corrected chi connectivity index (χ0v) is 17.9. The van der Waals surface area contributed by atoms with Crippen molar-refractivity contribution in [3.05, 3.63) is 28.8 Å². The first kappa shape index (κ1) is 24.3. The minimum atomic E-state index is -1.16. The third kappa shape index (κ3) is 8.03. The number of halogens is 1. The molecule has 0 aromatic heterocycles. The molecule has 0 radical (unpaired) electrons. The molecule has 1 rings (SSSR count). The van der Waals surface area contributed by atoms with Crippen molar-refractivity contribution in [1.82, 2.24) is 5.32 Å². The van der Waals surface area contributed by atoms with E-state index in [9.17, 15) is 14.4 Å². The van der Waals surface area contributed by atoms with Gasteiger partial charge >= 0.3 is 12.0 Å².